The molecule has 4 nitrogen and oxygen atoms in total. The molecule has 20 heavy (non-hydrogen) atoms. The molecule has 112 valence electrons. The molecule has 1 atom stereocenters. The number of nitrogens with zero attached hydrogens (tertiary/aromatic N) is 1. The number of primary amides is 1. The minimum absolute atomic E-state index is 0.347. The Morgan fingerprint density at radius 1 is 1.40 bits per heavy atom. The zero-order valence-electron chi connectivity index (χ0n) is 12.4. The van der Waals surface area contributed by atoms with Gasteiger partial charge in [-0.2, -0.15) is 0 Å². The van der Waals surface area contributed by atoms with E-state index in [0.29, 0.717) is 0 Å². The summed E-state index contributed by atoms with van der Waals surface area (Å²) in [6.45, 7) is 9.94. The van der Waals surface area contributed by atoms with Crippen LogP contribution in [-0.2, 0) is 4.79 Å². The third-order valence-corrected chi connectivity index (χ3v) is 4.34. The van der Waals surface area contributed by atoms with Gasteiger partial charge in [0.2, 0.25) is 5.91 Å². The molecule has 0 saturated carbocycles. The summed E-state index contributed by atoms with van der Waals surface area (Å²) < 4.78 is 0.992. The topological polar surface area (TPSA) is 58.4 Å². The van der Waals surface area contributed by atoms with Crippen molar-refractivity contribution in [2.45, 2.75) is 26.8 Å². The first kappa shape index (κ1) is 17.1. The molecule has 0 heterocycles. The van der Waals surface area contributed by atoms with Crippen molar-refractivity contribution in [2.75, 3.05) is 26.2 Å². The molecule has 0 aliphatic rings. The number of likely N-dealkylation sites (N-methyl/N-ethyl adjacent to an activating group) is 1. The smallest absolute Gasteiger partial charge is 0.239 e. The van der Waals surface area contributed by atoms with Crippen molar-refractivity contribution in [3.63, 3.8) is 0 Å². The summed E-state index contributed by atoms with van der Waals surface area (Å²) in [6.07, 6.45) is 0. The average Bonchev–Trinajstić information content (AvgIpc) is 2.42. The van der Waals surface area contributed by atoms with Gasteiger partial charge >= 0.3 is 0 Å². The third kappa shape index (κ3) is 4.89. The van der Waals surface area contributed by atoms with Crippen LogP contribution in [-0.4, -0.2) is 37.0 Å². The first-order valence-electron chi connectivity index (χ1n) is 7.00. The van der Waals surface area contributed by atoms with Gasteiger partial charge in [0, 0.05) is 17.6 Å². The third-order valence-electron chi connectivity index (χ3n) is 3.48. The molecule has 0 spiro atoms. The standard InChI is InChI=1S/C15H24BrN3O/c1-4-19(5-2)9-8-18-14(15(17)20)12-7-6-11(3)13(16)10-12/h6-7,10,14,18H,4-5,8-9H2,1-3H3,(H2,17,20). The molecular formula is C15H24BrN3O. The zero-order chi connectivity index (χ0) is 15.1. The van der Waals surface area contributed by atoms with Gasteiger partial charge in [0.05, 0.1) is 0 Å². The molecule has 0 aliphatic carbocycles. The molecule has 0 aromatic heterocycles. The minimum Gasteiger partial charge on any atom is -0.368 e. The van der Waals surface area contributed by atoms with Gasteiger partial charge in [0.25, 0.3) is 0 Å². The Bertz CT molecular complexity index is 447. The highest BCUT2D eigenvalue weighted by molar-refractivity contribution is 9.10. The molecule has 1 aromatic carbocycles. The Morgan fingerprint density at radius 2 is 2.05 bits per heavy atom. The van der Waals surface area contributed by atoms with Gasteiger partial charge in [-0.3, -0.25) is 4.79 Å². The number of nitrogens with two attached hydrogens (primary N) is 1. The molecule has 0 fully saturated rings. The Balaban J connectivity index is 2.69. The highest BCUT2D eigenvalue weighted by atomic mass is 79.9. The number of hydrogen-bond donors (Lipinski definition) is 2. The van der Waals surface area contributed by atoms with E-state index in [1.54, 1.807) is 0 Å². The molecule has 1 amide bonds. The summed E-state index contributed by atoms with van der Waals surface area (Å²) in [7, 11) is 0. The van der Waals surface area contributed by atoms with Crippen molar-refractivity contribution in [1.82, 2.24) is 10.2 Å². The van der Waals surface area contributed by atoms with E-state index >= 15 is 0 Å². The predicted octanol–water partition coefficient (Wildman–Crippen LogP) is 2.22. The Hall–Kier alpha value is -0.910. The molecule has 0 radical (unpaired) electrons. The van der Waals surface area contributed by atoms with Crippen LogP contribution in [0, 0.1) is 6.92 Å². The quantitative estimate of drug-likeness (QED) is 0.762. The maximum absolute atomic E-state index is 11.6. The number of carbonyl (C=O) groups is 1. The Morgan fingerprint density at radius 3 is 2.55 bits per heavy atom. The van der Waals surface area contributed by atoms with Crippen molar-refractivity contribution in [3.8, 4) is 0 Å². The van der Waals surface area contributed by atoms with Gasteiger partial charge in [-0.15, -0.1) is 0 Å². The number of hydrogen-bond acceptors (Lipinski definition) is 3. The summed E-state index contributed by atoms with van der Waals surface area (Å²) in [6, 6.07) is 5.44. The molecule has 0 aliphatic heterocycles. The van der Waals surface area contributed by atoms with Crippen LogP contribution < -0.4 is 11.1 Å². The number of carbonyl (C=O) groups excluding carboxylic acids is 1. The second kappa shape index (κ2) is 8.39. The van der Waals surface area contributed by atoms with Crippen LogP contribution in [0.25, 0.3) is 0 Å². The van der Waals surface area contributed by atoms with Gasteiger partial charge in [-0.25, -0.2) is 0 Å². The molecule has 0 saturated heterocycles. The lowest BCUT2D eigenvalue weighted by molar-refractivity contribution is -0.120. The van der Waals surface area contributed by atoms with E-state index in [0.717, 1.165) is 41.8 Å². The largest absolute Gasteiger partial charge is 0.368 e. The average molecular weight is 342 g/mol. The molecule has 5 heteroatoms. The number of aryl methyl sites for hydroxylation is 1. The van der Waals surface area contributed by atoms with Crippen molar-refractivity contribution >= 4 is 21.8 Å². The van der Waals surface area contributed by atoms with E-state index in [9.17, 15) is 4.79 Å². The lowest BCUT2D eigenvalue weighted by Gasteiger charge is -2.21. The van der Waals surface area contributed by atoms with Crippen LogP contribution in [0.5, 0.6) is 0 Å². The van der Waals surface area contributed by atoms with Crippen LogP contribution in [0.4, 0.5) is 0 Å². The predicted molar refractivity (Wildman–Crippen MR) is 86.6 cm³/mol. The van der Waals surface area contributed by atoms with Gasteiger partial charge in [-0.05, 0) is 37.2 Å². The fourth-order valence-electron chi connectivity index (χ4n) is 2.08. The Labute approximate surface area is 129 Å². The second-order valence-electron chi connectivity index (χ2n) is 4.83. The van der Waals surface area contributed by atoms with Gasteiger partial charge in [0.15, 0.2) is 0 Å². The summed E-state index contributed by atoms with van der Waals surface area (Å²) >= 11 is 3.49. The SMILES string of the molecule is CCN(CC)CCNC(C(N)=O)c1ccc(C)c(Br)c1. The monoisotopic (exact) mass is 341 g/mol. The molecule has 3 N–H and O–H groups in total. The summed E-state index contributed by atoms with van der Waals surface area (Å²) in [4.78, 5) is 13.9. The first-order chi connectivity index (χ1) is 9.49. The summed E-state index contributed by atoms with van der Waals surface area (Å²) in [5.41, 5.74) is 7.55. The zero-order valence-corrected chi connectivity index (χ0v) is 14.0. The number of benzene rings is 1. The highest BCUT2D eigenvalue weighted by Crippen LogP contribution is 2.21. The van der Waals surface area contributed by atoms with E-state index in [-0.39, 0.29) is 5.91 Å². The number of rotatable bonds is 8. The number of nitrogens with one attached hydrogen (secondary N) is 1. The van der Waals surface area contributed by atoms with Gasteiger partial charge in [0.1, 0.15) is 6.04 Å². The maximum Gasteiger partial charge on any atom is 0.239 e. The summed E-state index contributed by atoms with van der Waals surface area (Å²) in [5, 5.41) is 3.24. The molecular weight excluding hydrogens is 318 g/mol. The fourth-order valence-corrected chi connectivity index (χ4v) is 2.47. The molecule has 1 aromatic rings. The minimum atomic E-state index is -0.442. The lowest BCUT2D eigenvalue weighted by atomic mass is 10.0. The van der Waals surface area contributed by atoms with Gasteiger partial charge < -0.3 is 16.0 Å². The van der Waals surface area contributed by atoms with Crippen molar-refractivity contribution in [2.24, 2.45) is 5.73 Å². The lowest BCUT2D eigenvalue weighted by Crippen LogP contribution is -2.38. The van der Waals surface area contributed by atoms with E-state index in [1.807, 2.05) is 25.1 Å². The van der Waals surface area contributed by atoms with Crippen molar-refractivity contribution in [1.29, 1.82) is 0 Å². The highest BCUT2D eigenvalue weighted by Gasteiger charge is 2.17. The maximum atomic E-state index is 11.6. The van der Waals surface area contributed by atoms with Crippen LogP contribution in [0.2, 0.25) is 0 Å². The van der Waals surface area contributed by atoms with E-state index in [1.165, 1.54) is 0 Å². The number of amides is 1. The van der Waals surface area contributed by atoms with E-state index in [2.05, 4.69) is 40.0 Å². The van der Waals surface area contributed by atoms with Crippen molar-refractivity contribution < 1.29 is 4.79 Å². The van der Waals surface area contributed by atoms with Crippen LogP contribution in [0.3, 0.4) is 0 Å². The van der Waals surface area contributed by atoms with Gasteiger partial charge in [-0.1, -0.05) is 41.9 Å². The van der Waals surface area contributed by atoms with E-state index in [4.69, 9.17) is 5.73 Å². The Kier molecular flexibility index (Phi) is 7.19. The van der Waals surface area contributed by atoms with Crippen LogP contribution in [0.1, 0.15) is 31.0 Å². The van der Waals surface area contributed by atoms with Crippen LogP contribution in [0.15, 0.2) is 22.7 Å². The van der Waals surface area contributed by atoms with Crippen LogP contribution >= 0.6 is 15.9 Å². The number of halogens is 1. The fraction of sp³-hybridized carbons (Fsp3) is 0.533. The van der Waals surface area contributed by atoms with E-state index < -0.39 is 6.04 Å². The molecule has 0 bridgehead atoms. The first-order valence-corrected chi connectivity index (χ1v) is 7.80. The second-order valence-corrected chi connectivity index (χ2v) is 5.68. The summed E-state index contributed by atoms with van der Waals surface area (Å²) in [5.74, 6) is -0.347. The molecule has 1 rings (SSSR count). The normalized spacial score (nSPS) is 12.7. The molecule has 1 unspecified atom stereocenters. The van der Waals surface area contributed by atoms with Crippen molar-refractivity contribution in [3.05, 3.63) is 33.8 Å².